The fourth-order valence-electron chi connectivity index (χ4n) is 1.80. The number of nitrogens with one attached hydrogen (secondary N) is 2. The third-order valence-electron chi connectivity index (χ3n) is 3.05. The lowest BCUT2D eigenvalue weighted by Crippen LogP contribution is -2.13. The third kappa shape index (κ3) is 4.58. The summed E-state index contributed by atoms with van der Waals surface area (Å²) in [6.07, 6.45) is 1.88. The lowest BCUT2D eigenvalue weighted by Gasteiger charge is -2.10. The van der Waals surface area contributed by atoms with Gasteiger partial charge in [-0.3, -0.25) is 9.78 Å². The molecule has 110 valence electrons. The van der Waals surface area contributed by atoms with Gasteiger partial charge in [-0.25, -0.2) is 0 Å². The molecule has 1 atom stereocenters. The molecule has 0 saturated heterocycles. The quantitative estimate of drug-likeness (QED) is 0.888. The fourth-order valence-corrected chi connectivity index (χ4v) is 2.59. The molecule has 1 heterocycles. The minimum atomic E-state index is -0.0613. The van der Waals surface area contributed by atoms with Gasteiger partial charge in [-0.15, -0.1) is 0 Å². The molecule has 0 radical (unpaired) electrons. The minimum absolute atomic E-state index is 0.0613. The zero-order valence-electron chi connectivity index (χ0n) is 12.4. The molecule has 2 N–H and O–H groups in total. The van der Waals surface area contributed by atoms with Gasteiger partial charge in [0.15, 0.2) is 0 Å². The first-order valence-electron chi connectivity index (χ1n) is 6.77. The fraction of sp³-hybridized carbons (Fsp3) is 0.250. The summed E-state index contributed by atoms with van der Waals surface area (Å²) < 4.78 is 0. The van der Waals surface area contributed by atoms with Crippen molar-refractivity contribution in [3.63, 3.8) is 0 Å². The predicted molar refractivity (Wildman–Crippen MR) is 86.6 cm³/mol. The van der Waals surface area contributed by atoms with E-state index in [4.69, 9.17) is 0 Å². The molecule has 1 unspecified atom stereocenters. The summed E-state index contributed by atoms with van der Waals surface area (Å²) >= 11 is 1.65. The van der Waals surface area contributed by atoms with E-state index in [0.717, 1.165) is 21.2 Å². The second-order valence-corrected chi connectivity index (χ2v) is 5.88. The normalized spacial score (nSPS) is 12.0. The van der Waals surface area contributed by atoms with Crippen LogP contribution in [-0.4, -0.2) is 17.9 Å². The number of amides is 1. The second kappa shape index (κ2) is 7.24. The predicted octanol–water partition coefficient (Wildman–Crippen LogP) is 3.47. The number of hydrogen-bond acceptors (Lipinski definition) is 4. The Morgan fingerprint density at radius 1 is 1.14 bits per heavy atom. The molecule has 2 aromatic rings. The first-order chi connectivity index (χ1) is 10.1. The van der Waals surface area contributed by atoms with Gasteiger partial charge in [0.25, 0.3) is 0 Å². The van der Waals surface area contributed by atoms with Crippen molar-refractivity contribution < 1.29 is 4.79 Å². The largest absolute Gasteiger partial charge is 0.326 e. The van der Waals surface area contributed by atoms with Crippen molar-refractivity contribution in [3.8, 4) is 0 Å². The third-order valence-corrected chi connectivity index (χ3v) is 4.03. The van der Waals surface area contributed by atoms with Crippen LogP contribution in [0.1, 0.15) is 25.6 Å². The number of anilines is 1. The molecule has 0 spiro atoms. The first kappa shape index (κ1) is 15.5. The molecule has 0 fully saturated rings. The molecule has 0 aliphatic rings. The van der Waals surface area contributed by atoms with Crippen LogP contribution in [0.4, 0.5) is 5.69 Å². The molecule has 1 aromatic heterocycles. The molecule has 5 heteroatoms. The zero-order valence-corrected chi connectivity index (χ0v) is 13.2. The summed E-state index contributed by atoms with van der Waals surface area (Å²) in [6, 6.07) is 12.1. The van der Waals surface area contributed by atoms with Crippen molar-refractivity contribution in [2.45, 2.75) is 29.7 Å². The molecule has 0 bridgehead atoms. The number of benzene rings is 1. The van der Waals surface area contributed by atoms with Gasteiger partial charge in [0, 0.05) is 34.6 Å². The Hall–Kier alpha value is -1.85. The lowest BCUT2D eigenvalue weighted by molar-refractivity contribution is -0.114. The molecule has 0 saturated carbocycles. The first-order valence-corrected chi connectivity index (χ1v) is 7.59. The van der Waals surface area contributed by atoms with Crippen LogP contribution in [0, 0.1) is 0 Å². The maximum absolute atomic E-state index is 11.0. The summed E-state index contributed by atoms with van der Waals surface area (Å²) in [7, 11) is 1.92. The van der Waals surface area contributed by atoms with Crippen LogP contribution in [0.25, 0.3) is 0 Å². The lowest BCUT2D eigenvalue weighted by atomic mass is 10.2. The van der Waals surface area contributed by atoms with E-state index in [0.29, 0.717) is 0 Å². The molecule has 2 rings (SSSR count). The number of hydrogen-bond donors (Lipinski definition) is 2. The number of aromatic nitrogens is 1. The van der Waals surface area contributed by atoms with Gasteiger partial charge in [0.2, 0.25) is 5.91 Å². The van der Waals surface area contributed by atoms with E-state index in [1.54, 1.807) is 11.8 Å². The Morgan fingerprint density at radius 3 is 2.33 bits per heavy atom. The maximum atomic E-state index is 11.0. The monoisotopic (exact) mass is 301 g/mol. The Kier molecular flexibility index (Phi) is 5.36. The van der Waals surface area contributed by atoms with Gasteiger partial charge < -0.3 is 10.6 Å². The highest BCUT2D eigenvalue weighted by Gasteiger charge is 2.04. The van der Waals surface area contributed by atoms with Crippen molar-refractivity contribution in [2.24, 2.45) is 0 Å². The van der Waals surface area contributed by atoms with Gasteiger partial charge in [-0.1, -0.05) is 11.8 Å². The number of carbonyl (C=O) groups excluding carboxylic acids is 1. The molecule has 0 aliphatic heterocycles. The SMILES string of the molecule is CNC(C)c1ccc(Sc2ccc(NC(C)=O)cc2)cn1. The molecular weight excluding hydrogens is 282 g/mol. The van der Waals surface area contributed by atoms with Crippen LogP contribution in [0.3, 0.4) is 0 Å². The van der Waals surface area contributed by atoms with Crippen LogP contribution in [-0.2, 0) is 4.79 Å². The molecular formula is C16H19N3OS. The van der Waals surface area contributed by atoms with E-state index >= 15 is 0 Å². The second-order valence-electron chi connectivity index (χ2n) is 4.74. The van der Waals surface area contributed by atoms with Gasteiger partial charge in [0.1, 0.15) is 0 Å². The van der Waals surface area contributed by atoms with Gasteiger partial charge >= 0.3 is 0 Å². The van der Waals surface area contributed by atoms with E-state index in [-0.39, 0.29) is 11.9 Å². The summed E-state index contributed by atoms with van der Waals surface area (Å²) in [4.78, 5) is 17.6. The van der Waals surface area contributed by atoms with Crippen LogP contribution in [0.2, 0.25) is 0 Å². The molecule has 21 heavy (non-hydrogen) atoms. The number of carbonyl (C=O) groups is 1. The molecule has 4 nitrogen and oxygen atoms in total. The van der Waals surface area contributed by atoms with Crippen molar-refractivity contribution in [1.29, 1.82) is 0 Å². The average Bonchev–Trinajstić information content (AvgIpc) is 2.49. The van der Waals surface area contributed by atoms with Crippen LogP contribution in [0.15, 0.2) is 52.4 Å². The van der Waals surface area contributed by atoms with E-state index in [2.05, 4.69) is 28.6 Å². The van der Waals surface area contributed by atoms with Gasteiger partial charge in [-0.2, -0.15) is 0 Å². The Balaban J connectivity index is 2.02. The van der Waals surface area contributed by atoms with E-state index in [9.17, 15) is 4.79 Å². The van der Waals surface area contributed by atoms with Gasteiger partial charge in [-0.05, 0) is 50.4 Å². The maximum Gasteiger partial charge on any atom is 0.221 e. The highest BCUT2D eigenvalue weighted by Crippen LogP contribution is 2.28. The number of rotatable bonds is 5. The highest BCUT2D eigenvalue weighted by molar-refractivity contribution is 7.99. The van der Waals surface area contributed by atoms with Crippen molar-refractivity contribution in [2.75, 3.05) is 12.4 Å². The van der Waals surface area contributed by atoms with Crippen molar-refractivity contribution in [3.05, 3.63) is 48.3 Å². The standard InChI is InChI=1S/C16H19N3OS/c1-11(17-3)16-9-8-15(10-18-16)21-14-6-4-13(5-7-14)19-12(2)20/h4-11,17H,1-3H3,(H,19,20). The van der Waals surface area contributed by atoms with E-state index in [1.165, 1.54) is 6.92 Å². The Morgan fingerprint density at radius 2 is 1.81 bits per heavy atom. The van der Waals surface area contributed by atoms with Gasteiger partial charge in [0.05, 0.1) is 5.69 Å². The van der Waals surface area contributed by atoms with Crippen molar-refractivity contribution in [1.82, 2.24) is 10.3 Å². The molecule has 1 aromatic carbocycles. The number of pyridine rings is 1. The summed E-state index contributed by atoms with van der Waals surface area (Å²) in [6.45, 7) is 3.58. The Labute approximate surface area is 129 Å². The topological polar surface area (TPSA) is 54.0 Å². The Bertz CT molecular complexity index is 596. The molecule has 0 aliphatic carbocycles. The highest BCUT2D eigenvalue weighted by atomic mass is 32.2. The summed E-state index contributed by atoms with van der Waals surface area (Å²) in [5, 5.41) is 5.92. The zero-order chi connectivity index (χ0) is 15.2. The smallest absolute Gasteiger partial charge is 0.221 e. The van der Waals surface area contributed by atoms with Crippen LogP contribution in [0.5, 0.6) is 0 Å². The number of nitrogens with zero attached hydrogens (tertiary/aromatic N) is 1. The van der Waals surface area contributed by atoms with Crippen LogP contribution >= 0.6 is 11.8 Å². The summed E-state index contributed by atoms with van der Waals surface area (Å²) in [5.74, 6) is -0.0613. The van der Waals surface area contributed by atoms with Crippen molar-refractivity contribution >= 4 is 23.4 Å². The van der Waals surface area contributed by atoms with Crippen LogP contribution < -0.4 is 10.6 Å². The minimum Gasteiger partial charge on any atom is -0.326 e. The summed E-state index contributed by atoms with van der Waals surface area (Å²) in [5.41, 5.74) is 1.84. The average molecular weight is 301 g/mol. The van der Waals surface area contributed by atoms with E-state index < -0.39 is 0 Å². The van der Waals surface area contributed by atoms with E-state index in [1.807, 2.05) is 43.6 Å². The molecule has 1 amide bonds.